The smallest absolute Gasteiger partial charge is 0.236 e. The van der Waals surface area contributed by atoms with Gasteiger partial charge in [0.15, 0.2) is 9.84 Å². The van der Waals surface area contributed by atoms with E-state index < -0.39 is 9.84 Å². The summed E-state index contributed by atoms with van der Waals surface area (Å²) in [4.78, 5) is 16.8. The summed E-state index contributed by atoms with van der Waals surface area (Å²) in [7, 11) is -2.86. The second-order valence-electron chi connectivity index (χ2n) is 8.81. The molecule has 7 heteroatoms. The first kappa shape index (κ1) is 20.8. The van der Waals surface area contributed by atoms with Crippen molar-refractivity contribution in [1.29, 1.82) is 0 Å². The zero-order chi connectivity index (χ0) is 20.4. The van der Waals surface area contributed by atoms with Gasteiger partial charge in [0, 0.05) is 38.3 Å². The van der Waals surface area contributed by atoms with Crippen molar-refractivity contribution in [3.63, 3.8) is 0 Å². The second kappa shape index (κ2) is 8.74. The molecule has 4 rings (SSSR count). The van der Waals surface area contributed by atoms with E-state index in [1.807, 2.05) is 4.90 Å². The number of aryl methyl sites for hydroxylation is 2. The normalized spacial score (nSPS) is 25.6. The molecular formula is C22H33N3O3S. The Hall–Kier alpha value is -1.44. The summed E-state index contributed by atoms with van der Waals surface area (Å²) < 4.78 is 23.4. The molecule has 2 saturated heterocycles. The number of carbonyl (C=O) groups is 1. The molecule has 1 aromatic rings. The van der Waals surface area contributed by atoms with Gasteiger partial charge >= 0.3 is 0 Å². The van der Waals surface area contributed by atoms with E-state index >= 15 is 0 Å². The van der Waals surface area contributed by atoms with Gasteiger partial charge in [0.05, 0.1) is 18.1 Å². The number of hydrogen-bond donors (Lipinski definition) is 1. The third-order valence-electron chi connectivity index (χ3n) is 6.82. The van der Waals surface area contributed by atoms with E-state index in [0.717, 1.165) is 19.5 Å². The quantitative estimate of drug-likeness (QED) is 0.784. The number of rotatable bonds is 5. The Bertz CT molecular complexity index is 847. The molecule has 0 saturated carbocycles. The molecule has 6 nitrogen and oxygen atoms in total. The molecular weight excluding hydrogens is 386 g/mol. The van der Waals surface area contributed by atoms with Crippen molar-refractivity contribution < 1.29 is 13.2 Å². The van der Waals surface area contributed by atoms with Crippen LogP contribution in [-0.2, 0) is 27.5 Å². The van der Waals surface area contributed by atoms with Crippen molar-refractivity contribution in [3.05, 3.63) is 34.9 Å². The number of fused-ring (bicyclic) bond motifs is 1. The molecule has 3 aliphatic rings. The highest BCUT2D eigenvalue weighted by Crippen LogP contribution is 2.25. The SMILES string of the molecule is C[C@H](NCC(=O)N1CCN([C@@H]2CCS(=O)(=O)C2)CC1)c1ccc2c(c1)CCCC2. The number of nitrogens with zero attached hydrogens (tertiary/aromatic N) is 2. The van der Waals surface area contributed by atoms with Crippen LogP contribution >= 0.6 is 0 Å². The standard InChI is InChI=1S/C22H33N3O3S/c1-17(19-7-6-18-4-2-3-5-20(18)14-19)23-15-22(26)25-11-9-24(10-12-25)21-8-13-29(27,28)16-21/h6-7,14,17,21,23H,2-5,8-13,15-16H2,1H3/t17-,21+/m0/s1. The lowest BCUT2D eigenvalue weighted by Gasteiger charge is -2.37. The maximum absolute atomic E-state index is 12.6. The lowest BCUT2D eigenvalue weighted by Crippen LogP contribution is -2.53. The van der Waals surface area contributed by atoms with Gasteiger partial charge in [-0.05, 0) is 55.7 Å². The highest BCUT2D eigenvalue weighted by atomic mass is 32.2. The number of benzene rings is 1. The minimum Gasteiger partial charge on any atom is -0.339 e. The molecule has 29 heavy (non-hydrogen) atoms. The Balaban J connectivity index is 1.24. The van der Waals surface area contributed by atoms with Crippen molar-refractivity contribution in [1.82, 2.24) is 15.1 Å². The van der Waals surface area contributed by atoms with Crippen LogP contribution in [0.5, 0.6) is 0 Å². The van der Waals surface area contributed by atoms with Crippen molar-refractivity contribution in [2.45, 2.75) is 51.1 Å². The minimum absolute atomic E-state index is 0.133. The molecule has 0 spiro atoms. The van der Waals surface area contributed by atoms with Gasteiger partial charge in [-0.3, -0.25) is 9.69 Å². The van der Waals surface area contributed by atoms with Crippen LogP contribution in [0.15, 0.2) is 18.2 Å². The average molecular weight is 420 g/mol. The molecule has 0 radical (unpaired) electrons. The van der Waals surface area contributed by atoms with Crippen LogP contribution in [0.4, 0.5) is 0 Å². The Morgan fingerprint density at radius 3 is 2.55 bits per heavy atom. The number of nitrogens with one attached hydrogen (secondary N) is 1. The Kier molecular flexibility index (Phi) is 6.27. The number of hydrogen-bond acceptors (Lipinski definition) is 5. The van der Waals surface area contributed by atoms with E-state index in [-0.39, 0.29) is 23.7 Å². The van der Waals surface area contributed by atoms with Gasteiger partial charge in [0.25, 0.3) is 0 Å². The minimum atomic E-state index is -2.86. The van der Waals surface area contributed by atoms with Crippen LogP contribution in [-0.4, -0.2) is 74.4 Å². The van der Waals surface area contributed by atoms with Crippen LogP contribution < -0.4 is 5.32 Å². The summed E-state index contributed by atoms with van der Waals surface area (Å²) in [6.45, 7) is 5.37. The topological polar surface area (TPSA) is 69.7 Å². The van der Waals surface area contributed by atoms with E-state index in [1.54, 1.807) is 0 Å². The van der Waals surface area contributed by atoms with Gasteiger partial charge in [-0.2, -0.15) is 0 Å². The van der Waals surface area contributed by atoms with Crippen molar-refractivity contribution in [2.75, 3.05) is 44.2 Å². The third kappa shape index (κ3) is 5.01. The van der Waals surface area contributed by atoms with E-state index in [9.17, 15) is 13.2 Å². The molecule has 1 aromatic carbocycles. The number of sulfone groups is 1. The summed E-state index contributed by atoms with van der Waals surface area (Å²) in [5.41, 5.74) is 4.21. The van der Waals surface area contributed by atoms with Gasteiger partial charge in [0.2, 0.25) is 5.91 Å². The fourth-order valence-electron chi connectivity index (χ4n) is 4.89. The molecule has 1 amide bonds. The van der Waals surface area contributed by atoms with Crippen LogP contribution in [0.1, 0.15) is 48.9 Å². The van der Waals surface area contributed by atoms with E-state index in [4.69, 9.17) is 0 Å². The van der Waals surface area contributed by atoms with Crippen LogP contribution in [0.2, 0.25) is 0 Å². The molecule has 2 atom stereocenters. The van der Waals surface area contributed by atoms with E-state index in [2.05, 4.69) is 35.3 Å². The van der Waals surface area contributed by atoms with Gasteiger partial charge in [-0.1, -0.05) is 18.2 Å². The first-order valence-corrected chi connectivity index (χ1v) is 12.8. The molecule has 2 aliphatic heterocycles. The van der Waals surface area contributed by atoms with Crippen molar-refractivity contribution in [2.24, 2.45) is 0 Å². The first-order valence-electron chi connectivity index (χ1n) is 11.0. The molecule has 0 unspecified atom stereocenters. The summed E-state index contributed by atoms with van der Waals surface area (Å²) in [5, 5.41) is 3.40. The molecule has 2 fully saturated rings. The van der Waals surface area contributed by atoms with Crippen molar-refractivity contribution >= 4 is 15.7 Å². The molecule has 0 aromatic heterocycles. The van der Waals surface area contributed by atoms with Gasteiger partial charge in [0.1, 0.15) is 0 Å². The van der Waals surface area contributed by atoms with E-state index in [0.29, 0.717) is 25.4 Å². The number of piperazine rings is 1. The lowest BCUT2D eigenvalue weighted by molar-refractivity contribution is -0.132. The number of amides is 1. The second-order valence-corrected chi connectivity index (χ2v) is 11.0. The van der Waals surface area contributed by atoms with Gasteiger partial charge in [-0.15, -0.1) is 0 Å². The van der Waals surface area contributed by atoms with Crippen molar-refractivity contribution in [3.8, 4) is 0 Å². The zero-order valence-corrected chi connectivity index (χ0v) is 18.2. The predicted molar refractivity (Wildman–Crippen MR) is 115 cm³/mol. The van der Waals surface area contributed by atoms with Gasteiger partial charge < -0.3 is 10.2 Å². The Morgan fingerprint density at radius 1 is 1.14 bits per heavy atom. The summed E-state index contributed by atoms with van der Waals surface area (Å²) >= 11 is 0. The predicted octanol–water partition coefficient (Wildman–Crippen LogP) is 1.55. The highest BCUT2D eigenvalue weighted by Gasteiger charge is 2.34. The Labute approximate surface area is 174 Å². The lowest BCUT2D eigenvalue weighted by atomic mass is 9.89. The van der Waals surface area contributed by atoms with E-state index in [1.165, 1.54) is 42.4 Å². The summed E-state index contributed by atoms with van der Waals surface area (Å²) in [6, 6.07) is 7.05. The maximum Gasteiger partial charge on any atom is 0.236 e. The van der Waals surface area contributed by atoms with Crippen LogP contribution in [0, 0.1) is 0 Å². The first-order chi connectivity index (χ1) is 13.9. The van der Waals surface area contributed by atoms with Gasteiger partial charge in [-0.25, -0.2) is 8.42 Å². The Morgan fingerprint density at radius 2 is 1.86 bits per heavy atom. The third-order valence-corrected chi connectivity index (χ3v) is 8.57. The monoisotopic (exact) mass is 419 g/mol. The molecule has 0 bridgehead atoms. The molecule has 1 N–H and O–H groups in total. The highest BCUT2D eigenvalue weighted by molar-refractivity contribution is 7.91. The number of carbonyl (C=O) groups excluding carboxylic acids is 1. The molecule has 1 aliphatic carbocycles. The average Bonchev–Trinajstić information content (AvgIpc) is 3.11. The molecule has 2 heterocycles. The largest absolute Gasteiger partial charge is 0.339 e. The fraction of sp³-hybridized carbons (Fsp3) is 0.682. The summed E-state index contributed by atoms with van der Waals surface area (Å²) in [6.07, 6.45) is 5.65. The fourth-order valence-corrected chi connectivity index (χ4v) is 6.65. The van der Waals surface area contributed by atoms with Crippen LogP contribution in [0.25, 0.3) is 0 Å². The summed E-state index contributed by atoms with van der Waals surface area (Å²) in [5.74, 6) is 0.718. The zero-order valence-electron chi connectivity index (χ0n) is 17.4. The van der Waals surface area contributed by atoms with Crippen LogP contribution in [0.3, 0.4) is 0 Å². The maximum atomic E-state index is 12.6. The molecule has 160 valence electrons.